The van der Waals surface area contributed by atoms with E-state index in [0.29, 0.717) is 11.5 Å². The van der Waals surface area contributed by atoms with Crippen LogP contribution >= 0.6 is 11.8 Å². The van der Waals surface area contributed by atoms with E-state index in [1.807, 2.05) is 36.4 Å². The summed E-state index contributed by atoms with van der Waals surface area (Å²) < 4.78 is 5.48. The summed E-state index contributed by atoms with van der Waals surface area (Å²) in [6, 6.07) is 20.0. The molecular formula is C23H25N3O2S. The van der Waals surface area contributed by atoms with Gasteiger partial charge < -0.3 is 19.5 Å². The Morgan fingerprint density at radius 2 is 1.72 bits per heavy atom. The maximum absolute atomic E-state index is 12.7. The first-order valence-electron chi connectivity index (χ1n) is 9.78. The molecule has 0 radical (unpaired) electrons. The zero-order valence-electron chi connectivity index (χ0n) is 16.5. The summed E-state index contributed by atoms with van der Waals surface area (Å²) >= 11 is 1.68. The Balaban J connectivity index is 1.36. The number of thioether (sulfide) groups is 1. The van der Waals surface area contributed by atoms with Gasteiger partial charge in [-0.15, -0.1) is 11.8 Å². The van der Waals surface area contributed by atoms with Crippen LogP contribution in [0.15, 0.2) is 76.2 Å². The number of furan rings is 1. The van der Waals surface area contributed by atoms with Gasteiger partial charge in [0.2, 0.25) is 0 Å². The van der Waals surface area contributed by atoms with Gasteiger partial charge in [0.05, 0.1) is 6.26 Å². The van der Waals surface area contributed by atoms with Crippen LogP contribution in [0.1, 0.15) is 16.1 Å². The van der Waals surface area contributed by atoms with E-state index >= 15 is 0 Å². The second-order valence-electron chi connectivity index (χ2n) is 7.17. The Kier molecular flexibility index (Phi) is 6.22. The summed E-state index contributed by atoms with van der Waals surface area (Å²) in [5.74, 6) is 0.841. The molecule has 0 unspecified atom stereocenters. The SMILES string of the molecule is CN1CCN(c2ccc(NC(=O)c3occc3CSc3ccccc3)cc2)CC1. The fourth-order valence-electron chi connectivity index (χ4n) is 3.33. The number of carbonyl (C=O) groups is 1. The van der Waals surface area contributed by atoms with E-state index in [1.54, 1.807) is 18.0 Å². The molecule has 2 heterocycles. The van der Waals surface area contributed by atoms with Crippen LogP contribution in [0.3, 0.4) is 0 Å². The maximum atomic E-state index is 12.7. The number of nitrogens with zero attached hydrogens (tertiary/aromatic N) is 2. The molecule has 2 aromatic carbocycles. The summed E-state index contributed by atoms with van der Waals surface area (Å²) in [5.41, 5.74) is 2.85. The monoisotopic (exact) mass is 407 g/mol. The molecule has 0 spiro atoms. The lowest BCUT2D eigenvalue weighted by Crippen LogP contribution is -2.44. The molecule has 5 nitrogen and oxygen atoms in total. The minimum atomic E-state index is -0.217. The van der Waals surface area contributed by atoms with Crippen molar-refractivity contribution in [3.63, 3.8) is 0 Å². The number of nitrogens with one attached hydrogen (secondary N) is 1. The van der Waals surface area contributed by atoms with Gasteiger partial charge >= 0.3 is 0 Å². The van der Waals surface area contributed by atoms with Crippen LogP contribution in [0.25, 0.3) is 0 Å². The van der Waals surface area contributed by atoms with Crippen LogP contribution < -0.4 is 10.2 Å². The van der Waals surface area contributed by atoms with Crippen molar-refractivity contribution in [3.05, 3.63) is 78.3 Å². The smallest absolute Gasteiger partial charge is 0.291 e. The highest BCUT2D eigenvalue weighted by molar-refractivity contribution is 7.98. The molecule has 0 saturated carbocycles. The van der Waals surface area contributed by atoms with Crippen molar-refractivity contribution in [1.29, 1.82) is 0 Å². The largest absolute Gasteiger partial charge is 0.459 e. The van der Waals surface area contributed by atoms with E-state index in [4.69, 9.17) is 4.42 Å². The predicted octanol–water partition coefficient (Wildman–Crippen LogP) is 4.58. The number of hydrogen-bond donors (Lipinski definition) is 1. The van der Waals surface area contributed by atoms with Crippen molar-refractivity contribution in [1.82, 2.24) is 4.90 Å². The fraction of sp³-hybridized carbons (Fsp3) is 0.261. The molecule has 150 valence electrons. The van der Waals surface area contributed by atoms with Crippen LogP contribution in [0.4, 0.5) is 11.4 Å². The molecule has 1 saturated heterocycles. The number of piperazine rings is 1. The van der Waals surface area contributed by atoms with Gasteiger partial charge in [0.25, 0.3) is 5.91 Å². The third-order valence-electron chi connectivity index (χ3n) is 5.08. The molecule has 0 aliphatic carbocycles. The second kappa shape index (κ2) is 9.20. The number of hydrogen-bond acceptors (Lipinski definition) is 5. The van der Waals surface area contributed by atoms with Crippen molar-refractivity contribution in [3.8, 4) is 0 Å². The summed E-state index contributed by atoms with van der Waals surface area (Å²) in [6.07, 6.45) is 1.58. The highest BCUT2D eigenvalue weighted by atomic mass is 32.2. The van der Waals surface area contributed by atoms with Gasteiger partial charge in [-0.25, -0.2) is 0 Å². The van der Waals surface area contributed by atoms with Gasteiger partial charge in [-0.2, -0.15) is 0 Å². The van der Waals surface area contributed by atoms with Gasteiger partial charge in [-0.1, -0.05) is 18.2 Å². The quantitative estimate of drug-likeness (QED) is 0.606. The lowest BCUT2D eigenvalue weighted by Gasteiger charge is -2.34. The summed E-state index contributed by atoms with van der Waals surface area (Å²) in [6.45, 7) is 4.19. The number of amides is 1. The second-order valence-corrected chi connectivity index (χ2v) is 8.22. The van der Waals surface area contributed by atoms with Crippen molar-refractivity contribution >= 4 is 29.0 Å². The van der Waals surface area contributed by atoms with Crippen molar-refractivity contribution in [2.24, 2.45) is 0 Å². The standard InChI is InChI=1S/C23H25N3O2S/c1-25-12-14-26(15-13-25)20-9-7-19(8-10-20)24-23(27)22-18(11-16-28-22)17-29-21-5-3-2-4-6-21/h2-11,16H,12-15,17H2,1H3,(H,24,27). The van der Waals surface area contributed by atoms with Crippen LogP contribution in [-0.4, -0.2) is 44.0 Å². The van der Waals surface area contributed by atoms with Crippen LogP contribution in [-0.2, 0) is 5.75 Å². The van der Waals surface area contributed by atoms with E-state index < -0.39 is 0 Å². The molecule has 1 aliphatic heterocycles. The zero-order chi connectivity index (χ0) is 20.1. The van der Waals surface area contributed by atoms with Crippen molar-refractivity contribution in [2.45, 2.75) is 10.6 Å². The number of anilines is 2. The van der Waals surface area contributed by atoms with Gasteiger partial charge in [0, 0.05) is 53.8 Å². The highest BCUT2D eigenvalue weighted by Crippen LogP contribution is 2.26. The molecule has 1 N–H and O–H groups in total. The Hall–Kier alpha value is -2.70. The topological polar surface area (TPSA) is 48.7 Å². The first-order valence-corrected chi connectivity index (χ1v) is 10.8. The lowest BCUT2D eigenvalue weighted by atomic mass is 10.2. The predicted molar refractivity (Wildman–Crippen MR) is 119 cm³/mol. The van der Waals surface area contributed by atoms with Gasteiger partial charge in [-0.3, -0.25) is 4.79 Å². The van der Waals surface area contributed by atoms with Crippen LogP contribution in [0.2, 0.25) is 0 Å². The van der Waals surface area contributed by atoms with Crippen molar-refractivity contribution in [2.75, 3.05) is 43.4 Å². The van der Waals surface area contributed by atoms with E-state index in [0.717, 1.165) is 37.4 Å². The summed E-state index contributed by atoms with van der Waals surface area (Å²) in [4.78, 5) is 18.6. The normalized spacial score (nSPS) is 14.7. The van der Waals surface area contributed by atoms with E-state index in [2.05, 4.69) is 46.4 Å². The number of benzene rings is 2. The lowest BCUT2D eigenvalue weighted by molar-refractivity contribution is 0.0996. The third-order valence-corrected chi connectivity index (χ3v) is 6.14. The van der Waals surface area contributed by atoms with E-state index in [9.17, 15) is 4.79 Å². The van der Waals surface area contributed by atoms with Crippen molar-refractivity contribution < 1.29 is 9.21 Å². The third kappa shape index (κ3) is 5.02. The molecule has 1 fully saturated rings. The summed E-state index contributed by atoms with van der Waals surface area (Å²) in [7, 11) is 2.15. The zero-order valence-corrected chi connectivity index (χ0v) is 17.3. The minimum absolute atomic E-state index is 0.217. The average molecular weight is 408 g/mol. The van der Waals surface area contributed by atoms with Crippen LogP contribution in [0, 0.1) is 0 Å². The molecule has 29 heavy (non-hydrogen) atoms. The fourth-order valence-corrected chi connectivity index (χ4v) is 4.23. The Morgan fingerprint density at radius 3 is 2.45 bits per heavy atom. The molecule has 4 rings (SSSR count). The van der Waals surface area contributed by atoms with Crippen LogP contribution in [0.5, 0.6) is 0 Å². The molecule has 0 atom stereocenters. The average Bonchev–Trinajstić information content (AvgIpc) is 3.23. The Labute approximate surface area is 175 Å². The van der Waals surface area contributed by atoms with Gasteiger partial charge in [0.15, 0.2) is 5.76 Å². The maximum Gasteiger partial charge on any atom is 0.291 e. The van der Waals surface area contributed by atoms with E-state index in [-0.39, 0.29) is 5.91 Å². The Morgan fingerprint density at radius 1 is 1.00 bits per heavy atom. The number of rotatable bonds is 6. The first kappa shape index (κ1) is 19.6. The molecule has 6 heteroatoms. The van der Waals surface area contributed by atoms with Gasteiger partial charge in [-0.05, 0) is 49.5 Å². The molecule has 1 aromatic heterocycles. The van der Waals surface area contributed by atoms with Gasteiger partial charge in [0.1, 0.15) is 0 Å². The highest BCUT2D eigenvalue weighted by Gasteiger charge is 2.17. The minimum Gasteiger partial charge on any atom is -0.459 e. The number of carbonyl (C=O) groups excluding carboxylic acids is 1. The Bertz CT molecular complexity index is 932. The van der Waals surface area contributed by atoms with E-state index in [1.165, 1.54) is 10.6 Å². The first-order chi connectivity index (χ1) is 14.2. The molecule has 3 aromatic rings. The summed E-state index contributed by atoms with van der Waals surface area (Å²) in [5, 5.41) is 2.95. The molecule has 1 aliphatic rings. The molecule has 1 amide bonds. The number of likely N-dealkylation sites (N-methyl/N-ethyl adjacent to an activating group) is 1. The molecular weight excluding hydrogens is 382 g/mol. The molecule has 0 bridgehead atoms.